The Morgan fingerprint density at radius 3 is 1.08 bits per heavy atom. The number of hydrogen-bond acceptors (Lipinski definition) is 6. The first kappa shape index (κ1) is 57.6. The molecule has 0 aromatic carbocycles. The van der Waals surface area contributed by atoms with Crippen molar-refractivity contribution in [1.82, 2.24) is 0 Å². The van der Waals surface area contributed by atoms with Gasteiger partial charge in [0.15, 0.2) is 6.10 Å². The fourth-order valence-corrected chi connectivity index (χ4v) is 6.57. The molecule has 0 radical (unpaired) electrons. The summed E-state index contributed by atoms with van der Waals surface area (Å²) in [5.74, 6) is -0.969. The Labute approximate surface area is 375 Å². The van der Waals surface area contributed by atoms with E-state index in [4.69, 9.17) is 14.2 Å². The number of carbonyl (C=O) groups excluding carboxylic acids is 3. The van der Waals surface area contributed by atoms with Crippen molar-refractivity contribution in [3.05, 3.63) is 85.1 Å². The smallest absolute Gasteiger partial charge is 0.306 e. The molecule has 0 saturated heterocycles. The number of unbranched alkanes of at least 4 members (excludes halogenated alkanes) is 19. The van der Waals surface area contributed by atoms with Crippen LogP contribution in [0.25, 0.3) is 0 Å². The third-order valence-corrected chi connectivity index (χ3v) is 10.4. The standard InChI is InChI=1S/C55H92O6/c1-4-7-10-13-16-19-22-25-27-30-32-35-38-41-44-47-53(56)59-50-52(61-55(58)49-46-43-40-37-34-29-24-21-18-15-12-9-6-3)51-60-54(57)48-45-42-39-36-33-31-28-26-23-20-17-14-11-8-5-2/h7,10,16-17,19-21,24-28,32,35,52H,4-6,8-9,11-15,18,22-23,29-31,33-34,36-51H2,1-3H3/b10-7-,19-16-,20-17-,24-21-,27-25-,28-26-,35-32-/t52-/m1/s1. The van der Waals surface area contributed by atoms with E-state index in [2.05, 4.69) is 106 Å². The van der Waals surface area contributed by atoms with Crippen LogP contribution < -0.4 is 0 Å². The minimum atomic E-state index is -0.803. The summed E-state index contributed by atoms with van der Waals surface area (Å²) in [5.41, 5.74) is 0. The number of ether oxygens (including phenoxy) is 3. The molecule has 1 atom stereocenters. The van der Waals surface area contributed by atoms with Gasteiger partial charge in [-0.15, -0.1) is 0 Å². The molecule has 0 rings (SSSR count). The highest BCUT2D eigenvalue weighted by atomic mass is 16.6. The molecule has 0 aliphatic heterocycles. The van der Waals surface area contributed by atoms with Crippen molar-refractivity contribution in [2.24, 2.45) is 0 Å². The van der Waals surface area contributed by atoms with E-state index in [1.165, 1.54) is 64.2 Å². The van der Waals surface area contributed by atoms with Gasteiger partial charge in [-0.2, -0.15) is 0 Å². The van der Waals surface area contributed by atoms with Gasteiger partial charge in [0.2, 0.25) is 0 Å². The van der Waals surface area contributed by atoms with Gasteiger partial charge in [0.25, 0.3) is 0 Å². The number of hydrogen-bond donors (Lipinski definition) is 0. The molecular weight excluding hydrogens is 757 g/mol. The van der Waals surface area contributed by atoms with E-state index >= 15 is 0 Å². The molecule has 0 saturated carbocycles. The molecule has 0 N–H and O–H groups in total. The number of allylic oxidation sites excluding steroid dienone is 14. The second-order valence-electron chi connectivity index (χ2n) is 16.3. The SMILES string of the molecule is CC/C=C\C/C=C\C/C=C\C/C=C\CCCCC(=O)OC[C@H](COC(=O)CCCCCCC/C=C\C/C=C\CCCCC)OC(=O)CCCCCCC/C=C\CCCCCC. The van der Waals surface area contributed by atoms with E-state index in [0.717, 1.165) is 122 Å². The van der Waals surface area contributed by atoms with Crippen LogP contribution in [0.3, 0.4) is 0 Å². The Bertz CT molecular complexity index is 1200. The van der Waals surface area contributed by atoms with E-state index in [1.807, 2.05) is 0 Å². The molecule has 0 unspecified atom stereocenters. The van der Waals surface area contributed by atoms with Gasteiger partial charge in [0.1, 0.15) is 13.2 Å². The van der Waals surface area contributed by atoms with Crippen molar-refractivity contribution >= 4 is 17.9 Å². The summed E-state index contributed by atoms with van der Waals surface area (Å²) in [6.45, 7) is 6.41. The highest BCUT2D eigenvalue weighted by molar-refractivity contribution is 5.71. The van der Waals surface area contributed by atoms with Gasteiger partial charge in [-0.1, -0.05) is 176 Å². The molecule has 0 aliphatic carbocycles. The zero-order valence-electron chi connectivity index (χ0n) is 39.7. The van der Waals surface area contributed by atoms with Crippen LogP contribution in [-0.2, 0) is 28.6 Å². The summed E-state index contributed by atoms with van der Waals surface area (Å²) in [6.07, 6.45) is 62.8. The quantitative estimate of drug-likeness (QED) is 0.0263. The molecule has 0 fully saturated rings. The van der Waals surface area contributed by atoms with E-state index in [0.29, 0.717) is 19.3 Å². The van der Waals surface area contributed by atoms with Crippen LogP contribution in [0, 0.1) is 0 Å². The topological polar surface area (TPSA) is 78.9 Å². The van der Waals surface area contributed by atoms with Gasteiger partial charge in [-0.3, -0.25) is 14.4 Å². The van der Waals surface area contributed by atoms with Crippen LogP contribution in [0.2, 0.25) is 0 Å². The van der Waals surface area contributed by atoms with Crippen LogP contribution in [0.1, 0.15) is 226 Å². The molecule has 0 aromatic heterocycles. The molecular formula is C55H92O6. The summed E-state index contributed by atoms with van der Waals surface area (Å²) in [5, 5.41) is 0. The maximum Gasteiger partial charge on any atom is 0.306 e. The van der Waals surface area contributed by atoms with Gasteiger partial charge in [-0.05, 0) is 116 Å². The Hall–Kier alpha value is -3.41. The van der Waals surface area contributed by atoms with Crippen molar-refractivity contribution in [1.29, 1.82) is 0 Å². The molecule has 0 heterocycles. The molecule has 0 aromatic rings. The minimum absolute atomic E-state index is 0.101. The fraction of sp³-hybridized carbons (Fsp3) is 0.691. The molecule has 348 valence electrons. The molecule has 6 heteroatoms. The molecule has 0 spiro atoms. The summed E-state index contributed by atoms with van der Waals surface area (Å²) < 4.78 is 16.7. The number of carbonyl (C=O) groups is 3. The van der Waals surface area contributed by atoms with Crippen LogP contribution in [0.15, 0.2) is 85.1 Å². The van der Waals surface area contributed by atoms with E-state index < -0.39 is 6.10 Å². The Morgan fingerprint density at radius 1 is 0.344 bits per heavy atom. The normalized spacial score (nSPS) is 12.8. The lowest BCUT2D eigenvalue weighted by atomic mass is 10.1. The molecule has 0 amide bonds. The average molecular weight is 849 g/mol. The number of rotatable bonds is 44. The lowest BCUT2D eigenvalue weighted by molar-refractivity contribution is -0.167. The fourth-order valence-electron chi connectivity index (χ4n) is 6.57. The molecule has 0 bridgehead atoms. The van der Waals surface area contributed by atoms with Gasteiger partial charge in [0.05, 0.1) is 0 Å². The Balaban J connectivity index is 4.49. The summed E-state index contributed by atoms with van der Waals surface area (Å²) in [4.78, 5) is 37.9. The van der Waals surface area contributed by atoms with Gasteiger partial charge in [0, 0.05) is 19.3 Å². The highest BCUT2D eigenvalue weighted by Crippen LogP contribution is 2.13. The van der Waals surface area contributed by atoms with Crippen LogP contribution >= 0.6 is 0 Å². The number of esters is 3. The first-order valence-corrected chi connectivity index (χ1v) is 25.1. The highest BCUT2D eigenvalue weighted by Gasteiger charge is 2.19. The third-order valence-electron chi connectivity index (χ3n) is 10.4. The zero-order valence-corrected chi connectivity index (χ0v) is 39.7. The first-order valence-electron chi connectivity index (χ1n) is 25.1. The molecule has 0 aliphatic rings. The second-order valence-corrected chi connectivity index (χ2v) is 16.3. The molecule has 61 heavy (non-hydrogen) atoms. The van der Waals surface area contributed by atoms with Crippen molar-refractivity contribution < 1.29 is 28.6 Å². The lowest BCUT2D eigenvalue weighted by Gasteiger charge is -2.18. The van der Waals surface area contributed by atoms with Crippen molar-refractivity contribution in [2.75, 3.05) is 13.2 Å². The van der Waals surface area contributed by atoms with Crippen LogP contribution in [0.5, 0.6) is 0 Å². The Kier molecular flexibility index (Phi) is 46.5. The Morgan fingerprint density at radius 2 is 0.639 bits per heavy atom. The van der Waals surface area contributed by atoms with Crippen LogP contribution in [-0.4, -0.2) is 37.2 Å². The molecule has 6 nitrogen and oxygen atoms in total. The first-order chi connectivity index (χ1) is 30.0. The second kappa shape index (κ2) is 49.2. The predicted molar refractivity (Wildman–Crippen MR) is 261 cm³/mol. The van der Waals surface area contributed by atoms with E-state index in [9.17, 15) is 14.4 Å². The van der Waals surface area contributed by atoms with Gasteiger partial charge >= 0.3 is 17.9 Å². The third kappa shape index (κ3) is 47.5. The summed E-state index contributed by atoms with van der Waals surface area (Å²) in [7, 11) is 0. The minimum Gasteiger partial charge on any atom is -0.462 e. The van der Waals surface area contributed by atoms with Gasteiger partial charge < -0.3 is 14.2 Å². The monoisotopic (exact) mass is 849 g/mol. The van der Waals surface area contributed by atoms with Crippen molar-refractivity contribution in [2.45, 2.75) is 232 Å². The zero-order chi connectivity index (χ0) is 44.4. The maximum absolute atomic E-state index is 12.8. The summed E-state index contributed by atoms with van der Waals surface area (Å²) >= 11 is 0. The largest absolute Gasteiger partial charge is 0.462 e. The van der Waals surface area contributed by atoms with E-state index in [1.54, 1.807) is 0 Å². The predicted octanol–water partition coefficient (Wildman–Crippen LogP) is 16.4. The van der Waals surface area contributed by atoms with Crippen molar-refractivity contribution in [3.8, 4) is 0 Å². The van der Waals surface area contributed by atoms with Gasteiger partial charge in [-0.25, -0.2) is 0 Å². The average Bonchev–Trinajstić information content (AvgIpc) is 3.26. The maximum atomic E-state index is 12.8. The lowest BCUT2D eigenvalue weighted by Crippen LogP contribution is -2.30. The van der Waals surface area contributed by atoms with Crippen molar-refractivity contribution in [3.63, 3.8) is 0 Å². The summed E-state index contributed by atoms with van der Waals surface area (Å²) in [6, 6.07) is 0. The van der Waals surface area contributed by atoms with Crippen LogP contribution in [0.4, 0.5) is 0 Å². The van der Waals surface area contributed by atoms with E-state index in [-0.39, 0.29) is 31.1 Å².